The summed E-state index contributed by atoms with van der Waals surface area (Å²) in [5.74, 6) is 0. The van der Waals surface area contributed by atoms with Gasteiger partial charge in [-0.15, -0.1) is 6.58 Å². The maximum Gasteiger partial charge on any atom is 0.279 e. The third-order valence-electron chi connectivity index (χ3n) is 1.05. The number of thioether (sulfide) groups is 1. The van der Waals surface area contributed by atoms with E-state index in [2.05, 4.69) is 11.9 Å². The van der Waals surface area contributed by atoms with Crippen LogP contribution in [0.4, 0.5) is 4.79 Å². The fraction of sp³-hybridized carbons (Fsp3) is 0.571. The summed E-state index contributed by atoms with van der Waals surface area (Å²) in [6.07, 6.45) is 1.76. The van der Waals surface area contributed by atoms with Gasteiger partial charge < -0.3 is 5.32 Å². The van der Waals surface area contributed by atoms with Crippen LogP contribution in [0.25, 0.3) is 0 Å². The Labute approximate surface area is 66.1 Å². The molecule has 0 aromatic heterocycles. The highest BCUT2D eigenvalue weighted by Crippen LogP contribution is 2.25. The molecule has 0 saturated carbocycles. The van der Waals surface area contributed by atoms with E-state index in [4.69, 9.17) is 0 Å². The zero-order chi connectivity index (χ0) is 8.20. The van der Waals surface area contributed by atoms with Crippen molar-refractivity contribution in [3.8, 4) is 0 Å². The number of nitrogens with one attached hydrogen (secondary N) is 1. The lowest BCUT2D eigenvalue weighted by atomic mass is 10.2. The Morgan fingerprint density at radius 3 is 2.50 bits per heavy atom. The van der Waals surface area contributed by atoms with E-state index >= 15 is 0 Å². The molecule has 0 aliphatic carbocycles. The molecular weight excluding hydrogens is 146 g/mol. The molecule has 10 heavy (non-hydrogen) atoms. The quantitative estimate of drug-likeness (QED) is 0.624. The van der Waals surface area contributed by atoms with Crippen molar-refractivity contribution < 1.29 is 4.79 Å². The topological polar surface area (TPSA) is 29.1 Å². The molecule has 0 aromatic carbocycles. The molecule has 0 aliphatic heterocycles. The summed E-state index contributed by atoms with van der Waals surface area (Å²) in [5, 5.41) is 2.51. The predicted octanol–water partition coefficient (Wildman–Crippen LogP) is 2.02. The van der Waals surface area contributed by atoms with E-state index < -0.39 is 0 Å². The lowest BCUT2D eigenvalue weighted by Crippen LogP contribution is -2.20. The van der Waals surface area contributed by atoms with Gasteiger partial charge >= 0.3 is 0 Å². The molecule has 0 rings (SSSR count). The Morgan fingerprint density at radius 2 is 2.20 bits per heavy atom. The third kappa shape index (κ3) is 3.56. The van der Waals surface area contributed by atoms with Gasteiger partial charge in [0.25, 0.3) is 5.24 Å². The minimum atomic E-state index is -0.167. The molecule has 0 radical (unpaired) electrons. The minimum absolute atomic E-state index is 0.0232. The largest absolute Gasteiger partial charge is 0.350 e. The molecule has 3 heteroatoms. The summed E-state index contributed by atoms with van der Waals surface area (Å²) >= 11 is 1.23. The maximum absolute atomic E-state index is 10.8. The van der Waals surface area contributed by atoms with Crippen molar-refractivity contribution in [2.75, 3.05) is 7.05 Å². The van der Waals surface area contributed by atoms with Gasteiger partial charge in [0.05, 0.1) is 0 Å². The number of amides is 1. The second kappa shape index (κ2) is 3.66. The van der Waals surface area contributed by atoms with Crippen LogP contribution in [0.1, 0.15) is 13.8 Å². The second-order valence-corrected chi connectivity index (χ2v) is 4.07. The number of hydrogen-bond donors (Lipinski definition) is 1. The molecule has 0 fully saturated rings. The first-order valence-corrected chi connectivity index (χ1v) is 3.88. The average Bonchev–Trinajstić information content (AvgIpc) is 1.87. The van der Waals surface area contributed by atoms with Crippen LogP contribution in [0.2, 0.25) is 0 Å². The molecule has 0 saturated heterocycles. The second-order valence-electron chi connectivity index (χ2n) is 2.45. The molecule has 0 atom stereocenters. The van der Waals surface area contributed by atoms with Crippen molar-refractivity contribution in [2.24, 2.45) is 0 Å². The van der Waals surface area contributed by atoms with Crippen molar-refractivity contribution in [1.29, 1.82) is 0 Å². The Bertz CT molecular complexity index is 143. The fourth-order valence-corrected chi connectivity index (χ4v) is 0.995. The summed E-state index contributed by atoms with van der Waals surface area (Å²) in [6.45, 7) is 7.51. The Kier molecular flexibility index (Phi) is 3.50. The first-order valence-electron chi connectivity index (χ1n) is 3.06. The third-order valence-corrected chi connectivity index (χ3v) is 2.13. The average molecular weight is 159 g/mol. The van der Waals surface area contributed by atoms with Crippen LogP contribution in [-0.4, -0.2) is 17.0 Å². The van der Waals surface area contributed by atoms with Crippen LogP contribution < -0.4 is 5.32 Å². The zero-order valence-corrected chi connectivity index (χ0v) is 7.42. The van der Waals surface area contributed by atoms with Crippen LogP contribution in [0.3, 0.4) is 0 Å². The molecule has 0 aromatic rings. The summed E-state index contributed by atoms with van der Waals surface area (Å²) in [4.78, 5) is 10.8. The minimum Gasteiger partial charge on any atom is -0.350 e. The van der Waals surface area contributed by atoms with Crippen LogP contribution in [-0.2, 0) is 0 Å². The van der Waals surface area contributed by atoms with Crippen LogP contribution in [0, 0.1) is 0 Å². The van der Waals surface area contributed by atoms with Gasteiger partial charge in [-0.05, 0) is 13.8 Å². The molecule has 0 unspecified atom stereocenters. The molecule has 58 valence electrons. The normalized spacial score (nSPS) is 10.7. The van der Waals surface area contributed by atoms with E-state index in [1.54, 1.807) is 13.1 Å². The van der Waals surface area contributed by atoms with Crippen molar-refractivity contribution >= 4 is 17.0 Å². The predicted molar refractivity (Wildman–Crippen MR) is 46.3 cm³/mol. The van der Waals surface area contributed by atoms with Gasteiger partial charge in [-0.2, -0.15) is 0 Å². The number of carbonyl (C=O) groups excluding carboxylic acids is 1. The van der Waals surface area contributed by atoms with E-state index in [9.17, 15) is 4.79 Å². The van der Waals surface area contributed by atoms with Crippen LogP contribution >= 0.6 is 11.8 Å². The van der Waals surface area contributed by atoms with Crippen molar-refractivity contribution in [3.05, 3.63) is 12.7 Å². The summed E-state index contributed by atoms with van der Waals surface area (Å²) in [7, 11) is 1.62. The molecule has 0 aliphatic rings. The Balaban J connectivity index is 3.88. The smallest absolute Gasteiger partial charge is 0.279 e. The van der Waals surface area contributed by atoms with Gasteiger partial charge in [-0.25, -0.2) is 0 Å². The lowest BCUT2D eigenvalue weighted by Gasteiger charge is -2.16. The van der Waals surface area contributed by atoms with E-state index in [1.807, 2.05) is 13.8 Å². The van der Waals surface area contributed by atoms with Gasteiger partial charge in [-0.3, -0.25) is 4.79 Å². The molecule has 1 N–H and O–H groups in total. The van der Waals surface area contributed by atoms with Crippen molar-refractivity contribution in [3.63, 3.8) is 0 Å². The maximum atomic E-state index is 10.8. The van der Waals surface area contributed by atoms with E-state index in [1.165, 1.54) is 11.8 Å². The number of carbonyl (C=O) groups is 1. The number of hydrogen-bond acceptors (Lipinski definition) is 2. The van der Waals surface area contributed by atoms with Crippen molar-refractivity contribution in [2.45, 2.75) is 18.6 Å². The van der Waals surface area contributed by atoms with Gasteiger partial charge in [0, 0.05) is 11.8 Å². The first-order chi connectivity index (χ1) is 4.52. The Morgan fingerprint density at radius 1 is 1.70 bits per heavy atom. The molecule has 0 heterocycles. The van der Waals surface area contributed by atoms with Crippen LogP contribution in [0.5, 0.6) is 0 Å². The lowest BCUT2D eigenvalue weighted by molar-refractivity contribution is 0.262. The van der Waals surface area contributed by atoms with Crippen LogP contribution in [0.15, 0.2) is 12.7 Å². The van der Waals surface area contributed by atoms with E-state index in [0.29, 0.717) is 0 Å². The monoisotopic (exact) mass is 159 g/mol. The summed E-state index contributed by atoms with van der Waals surface area (Å²) in [5.41, 5.74) is 0. The fourth-order valence-electron chi connectivity index (χ4n) is 0.332. The molecular formula is C7H13NOS. The SMILES string of the molecule is C=CC(C)(C)SC(=O)NC. The standard InChI is InChI=1S/C7H13NOS/c1-5-7(2,3)10-6(9)8-4/h5H,1H2,2-4H3,(H,8,9). The van der Waals surface area contributed by atoms with Gasteiger partial charge in [-0.1, -0.05) is 17.8 Å². The Hall–Kier alpha value is -0.440. The van der Waals surface area contributed by atoms with Gasteiger partial charge in [0.15, 0.2) is 0 Å². The molecule has 0 spiro atoms. The van der Waals surface area contributed by atoms with Crippen molar-refractivity contribution in [1.82, 2.24) is 5.32 Å². The van der Waals surface area contributed by atoms with E-state index in [-0.39, 0.29) is 9.99 Å². The van der Waals surface area contributed by atoms with E-state index in [0.717, 1.165) is 0 Å². The highest BCUT2D eigenvalue weighted by atomic mass is 32.2. The molecule has 1 amide bonds. The van der Waals surface area contributed by atoms with Gasteiger partial charge in [0.1, 0.15) is 0 Å². The highest BCUT2D eigenvalue weighted by molar-refractivity contribution is 8.14. The number of rotatable bonds is 2. The first kappa shape index (κ1) is 9.56. The zero-order valence-electron chi connectivity index (χ0n) is 6.60. The molecule has 2 nitrogen and oxygen atoms in total. The van der Waals surface area contributed by atoms with Gasteiger partial charge in [0.2, 0.25) is 0 Å². The summed E-state index contributed by atoms with van der Waals surface area (Å²) in [6, 6.07) is 0. The summed E-state index contributed by atoms with van der Waals surface area (Å²) < 4.78 is -0.167. The molecule has 0 bridgehead atoms. The highest BCUT2D eigenvalue weighted by Gasteiger charge is 2.17.